The number of aryl methyl sites for hydroxylation is 1. The number of ether oxygens (including phenoxy) is 1. The number of halogens is 2. The summed E-state index contributed by atoms with van der Waals surface area (Å²) < 4.78 is 67.7. The van der Waals surface area contributed by atoms with Crippen LogP contribution in [-0.4, -0.2) is 51.6 Å². The van der Waals surface area contributed by atoms with E-state index in [-0.39, 0.29) is 18.2 Å². The van der Waals surface area contributed by atoms with Gasteiger partial charge in [-0.1, -0.05) is 41.4 Å². The molecule has 0 bridgehead atoms. The van der Waals surface area contributed by atoms with E-state index in [9.17, 15) is 17.0 Å². The van der Waals surface area contributed by atoms with Gasteiger partial charge in [-0.15, -0.1) is 0 Å². The Morgan fingerprint density at radius 1 is 0.961 bits per heavy atom. The Balaban J connectivity index is 0.000000392. The van der Waals surface area contributed by atoms with Crippen molar-refractivity contribution in [1.82, 2.24) is 15.3 Å². The van der Waals surface area contributed by atoms with Crippen LogP contribution in [0.3, 0.4) is 0 Å². The number of furan rings is 1. The largest absolute Gasteiger partial charge is 0.487 e. The maximum atomic E-state index is 13.4. The molecule has 6 rings (SSSR count). The van der Waals surface area contributed by atoms with Crippen molar-refractivity contribution >= 4 is 59.5 Å². The Hall–Kier alpha value is -4.79. The van der Waals surface area contributed by atoms with Crippen molar-refractivity contribution in [2.75, 3.05) is 23.9 Å². The lowest BCUT2D eigenvalue weighted by atomic mass is 10.1. The molecule has 0 spiro atoms. The van der Waals surface area contributed by atoms with Gasteiger partial charge >= 0.3 is 0 Å². The molecule has 0 amide bonds. The quantitative estimate of drug-likeness (QED) is 0.0842. The Labute approximate surface area is 301 Å². The standard InChI is InChI=1S/C29H26ClFN4O4S.C8H10O2S/c1-40(36,37)12-11-32-16-23-7-10-27(39-23)20-5-8-26-24(14-20)29(34-18-33-26)35-22-6-9-28(25(30)15-22)38-17-19-3-2-4-21(31)13-19;1-7-3-5-8(6-4-7)11(2,9)10/h2-10,13-15,18,32H,11-12,16-17H2,1H3,(H,33,34,35);3-6H,2H2,1H3,(H,9,10). The van der Waals surface area contributed by atoms with E-state index in [0.29, 0.717) is 57.3 Å². The van der Waals surface area contributed by atoms with Gasteiger partial charge in [0, 0.05) is 29.4 Å². The van der Waals surface area contributed by atoms with Gasteiger partial charge < -0.3 is 24.3 Å². The molecule has 4 aromatic carbocycles. The second-order valence-electron chi connectivity index (χ2n) is 11.7. The molecule has 0 aliphatic rings. The van der Waals surface area contributed by atoms with Gasteiger partial charge in [0.1, 0.15) is 61.5 Å². The summed E-state index contributed by atoms with van der Waals surface area (Å²) >= 11 is 6.47. The number of hydrogen-bond donors (Lipinski definition) is 3. The van der Waals surface area contributed by atoms with Gasteiger partial charge in [0.15, 0.2) is 0 Å². The molecule has 1 unspecified atom stereocenters. The molecular formula is C37H36ClFN4O6S2. The minimum atomic E-state index is -3.02. The molecule has 0 radical (unpaired) electrons. The Kier molecular flexibility index (Phi) is 12.1. The van der Waals surface area contributed by atoms with Gasteiger partial charge in [0.2, 0.25) is 0 Å². The van der Waals surface area contributed by atoms with Crippen molar-refractivity contribution in [3.05, 3.63) is 131 Å². The highest BCUT2D eigenvalue weighted by Gasteiger charge is 2.12. The number of aromatic nitrogens is 2. The number of anilines is 2. The third-order valence-corrected chi connectivity index (χ3v) is 9.65. The smallest absolute Gasteiger partial charge is 0.148 e. The third-order valence-electron chi connectivity index (χ3n) is 7.40. The lowest BCUT2D eigenvalue weighted by Crippen LogP contribution is -2.21. The molecule has 0 saturated carbocycles. The van der Waals surface area contributed by atoms with Gasteiger partial charge in [-0.2, -0.15) is 0 Å². The second kappa shape index (κ2) is 16.5. The number of nitrogens with one attached hydrogen (secondary N) is 2. The molecular weight excluding hydrogens is 715 g/mol. The Morgan fingerprint density at radius 3 is 2.45 bits per heavy atom. The molecule has 0 aliphatic heterocycles. The summed E-state index contributed by atoms with van der Waals surface area (Å²) in [5, 5.41) is 7.56. The first kappa shape index (κ1) is 37.5. The number of hydrogen-bond acceptors (Lipinski definition) is 9. The molecule has 266 valence electrons. The topological polar surface area (TPSA) is 144 Å². The zero-order chi connectivity index (χ0) is 36.6. The Morgan fingerprint density at radius 2 is 1.75 bits per heavy atom. The van der Waals surface area contributed by atoms with Crippen LogP contribution in [0.15, 0.2) is 113 Å². The fourth-order valence-electron chi connectivity index (χ4n) is 4.78. The van der Waals surface area contributed by atoms with E-state index >= 15 is 0 Å². The van der Waals surface area contributed by atoms with E-state index in [4.69, 9.17) is 25.3 Å². The number of fused-ring (bicyclic) bond motifs is 1. The van der Waals surface area contributed by atoms with Crippen LogP contribution in [0.4, 0.5) is 15.9 Å². The van der Waals surface area contributed by atoms with Gasteiger partial charge in [0.25, 0.3) is 0 Å². The first-order valence-electron chi connectivity index (χ1n) is 15.6. The minimum absolute atomic E-state index is 0.0664. The maximum absolute atomic E-state index is 13.4. The van der Waals surface area contributed by atoms with Crippen molar-refractivity contribution in [2.45, 2.75) is 25.0 Å². The fraction of sp³-hybridized carbons (Fsp3) is 0.162. The van der Waals surface area contributed by atoms with Gasteiger partial charge in [-0.25, -0.2) is 27.0 Å². The van der Waals surface area contributed by atoms with Crippen LogP contribution in [0.2, 0.25) is 5.02 Å². The summed E-state index contributed by atoms with van der Waals surface area (Å²) in [5.74, 6) is 5.33. The highest BCUT2D eigenvalue weighted by molar-refractivity contribution is 7.95. The lowest BCUT2D eigenvalue weighted by Gasteiger charge is -2.12. The van der Waals surface area contributed by atoms with Crippen LogP contribution >= 0.6 is 11.6 Å². The van der Waals surface area contributed by atoms with E-state index in [1.165, 1.54) is 24.7 Å². The predicted octanol–water partition coefficient (Wildman–Crippen LogP) is 7.68. The predicted molar refractivity (Wildman–Crippen MR) is 201 cm³/mol. The van der Waals surface area contributed by atoms with Gasteiger partial charge in [-0.3, -0.25) is 0 Å². The van der Waals surface area contributed by atoms with E-state index in [0.717, 1.165) is 22.0 Å². The van der Waals surface area contributed by atoms with Crippen LogP contribution in [0.25, 0.3) is 22.2 Å². The second-order valence-corrected chi connectivity index (χ2v) is 16.1. The minimum Gasteiger partial charge on any atom is -0.487 e. The van der Waals surface area contributed by atoms with E-state index in [1.807, 2.05) is 43.3 Å². The number of benzene rings is 4. The fourth-order valence-corrected chi connectivity index (χ4v) is 6.09. The van der Waals surface area contributed by atoms with Crippen molar-refractivity contribution in [3.63, 3.8) is 0 Å². The van der Waals surface area contributed by atoms with Gasteiger partial charge in [0.05, 0.1) is 27.7 Å². The highest BCUT2D eigenvalue weighted by atomic mass is 35.5. The van der Waals surface area contributed by atoms with E-state index < -0.39 is 19.6 Å². The van der Waals surface area contributed by atoms with Crippen LogP contribution in [-0.2, 0) is 32.8 Å². The number of rotatable bonds is 12. The molecule has 51 heavy (non-hydrogen) atoms. The SMILES string of the molecule is C=S(=O)(O)c1ccc(C)cc1.CS(=O)(=O)CCNCc1ccc(-c2ccc3ncnc(Nc4ccc(OCc5cccc(F)c5)c(Cl)c4)c3c2)o1. The third kappa shape index (κ3) is 11.1. The summed E-state index contributed by atoms with van der Waals surface area (Å²) in [7, 11) is -6.04. The molecule has 14 heteroatoms. The number of sulfone groups is 1. The Bertz CT molecular complexity index is 2350. The molecule has 2 heterocycles. The molecule has 2 aromatic heterocycles. The monoisotopic (exact) mass is 750 g/mol. The molecule has 1 atom stereocenters. The van der Waals surface area contributed by atoms with Crippen LogP contribution in [0.5, 0.6) is 5.75 Å². The average molecular weight is 751 g/mol. The molecule has 3 N–H and O–H groups in total. The average Bonchev–Trinajstić information content (AvgIpc) is 3.55. The van der Waals surface area contributed by atoms with Crippen LogP contribution in [0, 0.1) is 12.7 Å². The van der Waals surface area contributed by atoms with Crippen LogP contribution in [0.1, 0.15) is 16.9 Å². The summed E-state index contributed by atoms with van der Waals surface area (Å²) in [6, 6.07) is 27.8. The van der Waals surface area contributed by atoms with Crippen molar-refractivity contribution < 1.29 is 30.7 Å². The van der Waals surface area contributed by atoms with Crippen molar-refractivity contribution in [3.8, 4) is 17.1 Å². The van der Waals surface area contributed by atoms with Gasteiger partial charge in [-0.05, 0) is 91.2 Å². The summed E-state index contributed by atoms with van der Waals surface area (Å²) in [5.41, 5.74) is 4.06. The van der Waals surface area contributed by atoms with E-state index in [2.05, 4.69) is 26.5 Å². The van der Waals surface area contributed by atoms with E-state index in [1.54, 1.807) is 48.5 Å². The molecule has 0 aliphatic carbocycles. The zero-order valence-corrected chi connectivity index (χ0v) is 30.2. The highest BCUT2D eigenvalue weighted by Crippen LogP contribution is 2.33. The summed E-state index contributed by atoms with van der Waals surface area (Å²) in [6.07, 6.45) is 2.69. The molecule has 6 aromatic rings. The first-order chi connectivity index (χ1) is 24.2. The first-order valence-corrected chi connectivity index (χ1v) is 19.7. The zero-order valence-electron chi connectivity index (χ0n) is 27.8. The number of nitrogens with zero attached hydrogens (tertiary/aromatic N) is 2. The van der Waals surface area contributed by atoms with Crippen molar-refractivity contribution in [1.29, 1.82) is 0 Å². The molecule has 0 saturated heterocycles. The molecule has 10 nitrogen and oxygen atoms in total. The van der Waals surface area contributed by atoms with Crippen LogP contribution < -0.4 is 15.4 Å². The summed E-state index contributed by atoms with van der Waals surface area (Å²) in [4.78, 5) is 9.17. The van der Waals surface area contributed by atoms with Crippen molar-refractivity contribution in [2.24, 2.45) is 0 Å². The normalized spacial score (nSPS) is 12.5. The lowest BCUT2D eigenvalue weighted by molar-refractivity contribution is 0.306. The maximum Gasteiger partial charge on any atom is 0.148 e. The molecule has 0 fully saturated rings. The summed E-state index contributed by atoms with van der Waals surface area (Å²) in [6.45, 7) is 2.88.